The molecule has 0 fully saturated rings. The molecule has 0 bridgehead atoms. The van der Waals surface area contributed by atoms with Gasteiger partial charge < -0.3 is 4.57 Å². The van der Waals surface area contributed by atoms with Crippen LogP contribution in [0.5, 0.6) is 0 Å². The molecule has 0 saturated heterocycles. The first-order chi connectivity index (χ1) is 13.5. The highest BCUT2D eigenvalue weighted by Gasteiger charge is 2.19. The summed E-state index contributed by atoms with van der Waals surface area (Å²) in [5.74, 6) is -0.380. The lowest BCUT2D eigenvalue weighted by Crippen LogP contribution is -2.40. The van der Waals surface area contributed by atoms with Crippen molar-refractivity contribution in [3.63, 3.8) is 0 Å². The van der Waals surface area contributed by atoms with E-state index in [1.807, 2.05) is 6.92 Å². The summed E-state index contributed by atoms with van der Waals surface area (Å²) in [6.07, 6.45) is 1.54. The molecule has 4 rings (SSSR count). The first-order valence-electron chi connectivity index (χ1n) is 8.70. The smallest absolute Gasteiger partial charge is 0.325 e. The van der Waals surface area contributed by atoms with Crippen molar-refractivity contribution in [2.75, 3.05) is 0 Å². The Balaban J connectivity index is 2.01. The SMILES string of the molecule is CCn1cnc2c1c(=O)n(Cc1ccc(F)cc1)c(=O)n2-c1ccc(Cl)cc1. The normalized spacial score (nSPS) is 11.2. The van der Waals surface area contributed by atoms with Gasteiger partial charge in [-0.3, -0.25) is 9.36 Å². The number of aromatic nitrogens is 4. The number of aryl methyl sites for hydroxylation is 1. The second kappa shape index (κ2) is 7.09. The zero-order chi connectivity index (χ0) is 19.8. The second-order valence-corrected chi connectivity index (χ2v) is 6.75. The maximum absolute atomic E-state index is 13.2. The van der Waals surface area contributed by atoms with E-state index in [0.29, 0.717) is 28.3 Å². The first kappa shape index (κ1) is 18.2. The van der Waals surface area contributed by atoms with Crippen molar-refractivity contribution < 1.29 is 4.39 Å². The Kier molecular flexibility index (Phi) is 4.60. The van der Waals surface area contributed by atoms with Crippen LogP contribution < -0.4 is 11.2 Å². The van der Waals surface area contributed by atoms with Crippen LogP contribution in [0.15, 0.2) is 64.4 Å². The molecule has 0 N–H and O–H groups in total. The maximum atomic E-state index is 13.2. The Morgan fingerprint density at radius 3 is 2.36 bits per heavy atom. The van der Waals surface area contributed by atoms with Gasteiger partial charge in [0.25, 0.3) is 5.56 Å². The van der Waals surface area contributed by atoms with E-state index in [4.69, 9.17) is 11.6 Å². The van der Waals surface area contributed by atoms with E-state index in [1.54, 1.807) is 47.3 Å². The van der Waals surface area contributed by atoms with Crippen LogP contribution in [0.2, 0.25) is 5.02 Å². The average molecular weight is 399 g/mol. The van der Waals surface area contributed by atoms with Crippen LogP contribution >= 0.6 is 11.6 Å². The van der Waals surface area contributed by atoms with E-state index in [1.165, 1.54) is 16.7 Å². The predicted octanol–water partition coefficient (Wildman–Crippen LogP) is 3.21. The number of nitrogens with zero attached hydrogens (tertiary/aromatic N) is 4. The van der Waals surface area contributed by atoms with Gasteiger partial charge in [-0.2, -0.15) is 0 Å². The van der Waals surface area contributed by atoms with Crippen LogP contribution in [0, 0.1) is 5.82 Å². The van der Waals surface area contributed by atoms with E-state index in [9.17, 15) is 14.0 Å². The van der Waals surface area contributed by atoms with Gasteiger partial charge in [0.05, 0.1) is 18.6 Å². The summed E-state index contributed by atoms with van der Waals surface area (Å²) < 4.78 is 17.4. The molecule has 2 heterocycles. The van der Waals surface area contributed by atoms with E-state index < -0.39 is 11.2 Å². The molecular formula is C20H16ClFN4O2. The summed E-state index contributed by atoms with van der Waals surface area (Å²) in [7, 11) is 0. The Morgan fingerprint density at radius 2 is 1.71 bits per heavy atom. The van der Waals surface area contributed by atoms with Crippen molar-refractivity contribution in [3.05, 3.63) is 92.1 Å². The van der Waals surface area contributed by atoms with Gasteiger partial charge in [0, 0.05) is 11.6 Å². The topological polar surface area (TPSA) is 61.8 Å². The third-order valence-electron chi connectivity index (χ3n) is 4.58. The number of fused-ring (bicyclic) bond motifs is 1. The third-order valence-corrected chi connectivity index (χ3v) is 4.83. The maximum Gasteiger partial charge on any atom is 0.337 e. The highest BCUT2D eigenvalue weighted by Crippen LogP contribution is 2.16. The minimum Gasteiger partial charge on any atom is -0.325 e. The lowest BCUT2D eigenvalue weighted by molar-refractivity contribution is 0.624. The van der Waals surface area contributed by atoms with Crippen molar-refractivity contribution in [2.24, 2.45) is 0 Å². The lowest BCUT2D eigenvalue weighted by atomic mass is 10.2. The van der Waals surface area contributed by atoms with Crippen molar-refractivity contribution in [1.82, 2.24) is 18.7 Å². The molecule has 0 radical (unpaired) electrons. The van der Waals surface area contributed by atoms with Crippen molar-refractivity contribution in [3.8, 4) is 5.69 Å². The molecule has 0 aliphatic heterocycles. The largest absolute Gasteiger partial charge is 0.337 e. The van der Waals surface area contributed by atoms with Gasteiger partial charge in [0.1, 0.15) is 5.82 Å². The monoisotopic (exact) mass is 398 g/mol. The molecule has 0 aliphatic carbocycles. The van der Waals surface area contributed by atoms with Crippen molar-refractivity contribution in [1.29, 1.82) is 0 Å². The molecule has 8 heteroatoms. The molecule has 0 amide bonds. The summed E-state index contributed by atoms with van der Waals surface area (Å²) in [6, 6.07) is 12.4. The number of rotatable bonds is 4. The number of halogens is 2. The molecule has 6 nitrogen and oxygen atoms in total. The minimum atomic E-state index is -0.523. The van der Waals surface area contributed by atoms with Crippen LogP contribution in [0.1, 0.15) is 12.5 Å². The van der Waals surface area contributed by atoms with E-state index in [-0.39, 0.29) is 18.0 Å². The van der Waals surface area contributed by atoms with E-state index >= 15 is 0 Å². The van der Waals surface area contributed by atoms with Gasteiger partial charge in [-0.1, -0.05) is 23.7 Å². The fourth-order valence-corrected chi connectivity index (χ4v) is 3.28. The Labute approximate surface area is 164 Å². The lowest BCUT2D eigenvalue weighted by Gasteiger charge is -2.12. The van der Waals surface area contributed by atoms with E-state index in [0.717, 1.165) is 4.57 Å². The highest BCUT2D eigenvalue weighted by molar-refractivity contribution is 6.30. The van der Waals surface area contributed by atoms with Gasteiger partial charge in [-0.05, 0) is 48.9 Å². The molecule has 0 aliphatic rings. The molecule has 4 aromatic rings. The zero-order valence-electron chi connectivity index (χ0n) is 15.0. The van der Waals surface area contributed by atoms with Gasteiger partial charge in [-0.15, -0.1) is 0 Å². The fourth-order valence-electron chi connectivity index (χ4n) is 3.15. The Bertz CT molecular complexity index is 1270. The van der Waals surface area contributed by atoms with Gasteiger partial charge in [-0.25, -0.2) is 18.7 Å². The van der Waals surface area contributed by atoms with Crippen LogP contribution in [0.3, 0.4) is 0 Å². The zero-order valence-corrected chi connectivity index (χ0v) is 15.7. The minimum absolute atomic E-state index is 0.0242. The predicted molar refractivity (Wildman–Crippen MR) is 106 cm³/mol. The molecule has 0 unspecified atom stereocenters. The summed E-state index contributed by atoms with van der Waals surface area (Å²) in [5, 5.41) is 0.534. The molecule has 28 heavy (non-hydrogen) atoms. The molecule has 2 aromatic carbocycles. The standard InChI is InChI=1S/C20H16ClFN4O2/c1-2-24-12-23-18-17(24)19(27)25(11-13-3-7-15(22)8-4-13)20(28)26(18)16-9-5-14(21)6-10-16/h3-10,12H,2,11H2,1H3. The third kappa shape index (κ3) is 3.03. The molecule has 0 atom stereocenters. The van der Waals surface area contributed by atoms with Crippen molar-refractivity contribution >= 4 is 22.8 Å². The quantitative estimate of drug-likeness (QED) is 0.530. The van der Waals surface area contributed by atoms with Crippen LogP contribution in [0.4, 0.5) is 4.39 Å². The van der Waals surface area contributed by atoms with Gasteiger partial charge in [0.2, 0.25) is 0 Å². The summed E-state index contributed by atoms with van der Waals surface area (Å²) in [4.78, 5) is 30.6. The Hall–Kier alpha value is -3.19. The average Bonchev–Trinajstić information content (AvgIpc) is 3.12. The first-order valence-corrected chi connectivity index (χ1v) is 9.08. The van der Waals surface area contributed by atoms with Crippen LogP contribution in [-0.4, -0.2) is 18.7 Å². The summed E-state index contributed by atoms with van der Waals surface area (Å²) in [6.45, 7) is 2.44. The molecule has 0 spiro atoms. The van der Waals surface area contributed by atoms with Crippen molar-refractivity contribution in [2.45, 2.75) is 20.0 Å². The van der Waals surface area contributed by atoms with E-state index in [2.05, 4.69) is 4.98 Å². The van der Waals surface area contributed by atoms with Crippen LogP contribution in [-0.2, 0) is 13.1 Å². The number of benzene rings is 2. The summed E-state index contributed by atoms with van der Waals surface area (Å²) in [5.41, 5.74) is 0.854. The van der Waals surface area contributed by atoms with Gasteiger partial charge in [0.15, 0.2) is 11.2 Å². The molecular weight excluding hydrogens is 383 g/mol. The molecule has 142 valence electrons. The van der Waals surface area contributed by atoms with Gasteiger partial charge >= 0.3 is 5.69 Å². The fraction of sp³-hybridized carbons (Fsp3) is 0.150. The molecule has 0 saturated carbocycles. The Morgan fingerprint density at radius 1 is 1.04 bits per heavy atom. The highest BCUT2D eigenvalue weighted by atomic mass is 35.5. The van der Waals surface area contributed by atoms with Crippen LogP contribution in [0.25, 0.3) is 16.9 Å². The second-order valence-electron chi connectivity index (χ2n) is 6.31. The number of imidazole rings is 1. The summed E-state index contributed by atoms with van der Waals surface area (Å²) >= 11 is 5.97. The number of hydrogen-bond donors (Lipinski definition) is 0. The molecule has 2 aromatic heterocycles. The number of hydrogen-bond acceptors (Lipinski definition) is 3.